The number of fused-ring (bicyclic) bond motifs is 2. The predicted octanol–water partition coefficient (Wildman–Crippen LogP) is 3.84. The summed E-state index contributed by atoms with van der Waals surface area (Å²) in [5.41, 5.74) is 1.45. The van der Waals surface area contributed by atoms with Gasteiger partial charge in [0.15, 0.2) is 5.96 Å². The number of nitrogens with one attached hydrogen (secondary N) is 2. The Labute approximate surface area is 200 Å². The van der Waals surface area contributed by atoms with Crippen LogP contribution in [0.15, 0.2) is 35.3 Å². The third-order valence-corrected chi connectivity index (χ3v) is 7.32. The van der Waals surface area contributed by atoms with Crippen LogP contribution in [0.25, 0.3) is 0 Å². The molecule has 0 aliphatic carbocycles. The van der Waals surface area contributed by atoms with E-state index in [0.717, 1.165) is 25.6 Å². The van der Waals surface area contributed by atoms with E-state index in [4.69, 9.17) is 0 Å². The molecule has 30 heavy (non-hydrogen) atoms. The molecule has 1 aromatic carbocycles. The zero-order valence-corrected chi connectivity index (χ0v) is 21.1. The molecule has 3 saturated heterocycles. The number of piperidine rings is 2. The Balaban J connectivity index is 0.00000256. The maximum absolute atomic E-state index is 4.54. The van der Waals surface area contributed by atoms with Gasteiger partial charge in [-0.05, 0) is 57.2 Å². The molecule has 3 heterocycles. The Bertz CT molecular complexity index is 653. The summed E-state index contributed by atoms with van der Waals surface area (Å²) in [7, 11) is 1.91. The summed E-state index contributed by atoms with van der Waals surface area (Å²) in [5, 5.41) is 7.39. The van der Waals surface area contributed by atoms with Crippen molar-refractivity contribution in [1.29, 1.82) is 0 Å². The van der Waals surface area contributed by atoms with Crippen LogP contribution in [0, 0.1) is 0 Å². The molecule has 3 aliphatic rings. The fraction of sp³-hybridized carbons (Fsp3) is 0.708. The van der Waals surface area contributed by atoms with E-state index in [1.54, 1.807) is 0 Å². The topological polar surface area (TPSA) is 42.9 Å². The summed E-state index contributed by atoms with van der Waals surface area (Å²) in [6, 6.07) is 13.6. The van der Waals surface area contributed by atoms with Gasteiger partial charge >= 0.3 is 0 Å². The van der Waals surface area contributed by atoms with E-state index in [0.29, 0.717) is 24.2 Å². The van der Waals surface area contributed by atoms with E-state index in [-0.39, 0.29) is 24.0 Å². The highest BCUT2D eigenvalue weighted by molar-refractivity contribution is 14.0. The molecule has 0 amide bonds. The highest BCUT2D eigenvalue weighted by Crippen LogP contribution is 2.36. The second kappa shape index (κ2) is 11.7. The summed E-state index contributed by atoms with van der Waals surface area (Å²) in [4.78, 5) is 9.91. The van der Waals surface area contributed by atoms with Gasteiger partial charge in [-0.1, -0.05) is 43.7 Å². The maximum Gasteiger partial charge on any atom is 0.191 e. The van der Waals surface area contributed by atoms with Crippen molar-refractivity contribution in [3.8, 4) is 0 Å². The Hall–Kier alpha value is -0.860. The van der Waals surface area contributed by atoms with E-state index in [2.05, 4.69) is 62.7 Å². The average Bonchev–Trinajstić information content (AvgIpc) is 2.99. The first kappa shape index (κ1) is 23.8. The first-order valence-corrected chi connectivity index (χ1v) is 11.8. The number of nitrogens with zero attached hydrogens (tertiary/aromatic N) is 3. The van der Waals surface area contributed by atoms with Crippen LogP contribution < -0.4 is 10.6 Å². The van der Waals surface area contributed by atoms with Crippen molar-refractivity contribution in [3.63, 3.8) is 0 Å². The van der Waals surface area contributed by atoms with Gasteiger partial charge in [-0.3, -0.25) is 14.8 Å². The van der Waals surface area contributed by atoms with Gasteiger partial charge in [0.25, 0.3) is 0 Å². The maximum atomic E-state index is 4.54. The van der Waals surface area contributed by atoms with Crippen molar-refractivity contribution in [3.05, 3.63) is 35.9 Å². The number of benzene rings is 1. The van der Waals surface area contributed by atoms with Crippen molar-refractivity contribution < 1.29 is 0 Å². The van der Waals surface area contributed by atoms with Crippen LogP contribution in [0.4, 0.5) is 0 Å². The largest absolute Gasteiger partial charge is 0.355 e. The van der Waals surface area contributed by atoms with Crippen molar-refractivity contribution >= 4 is 29.9 Å². The standard InChI is InChI=1S/C24H39N5.HI/c1-3-28-14-8-7-11-23(28)17-26-24(25-2)27-20-15-21-12-13-22(16-20)29(21)18-19-9-5-4-6-10-19;/h4-6,9-10,20-23H,3,7-8,11-18H2,1-2H3,(H2,25,26,27);1H. The van der Waals surface area contributed by atoms with Gasteiger partial charge in [0.05, 0.1) is 0 Å². The summed E-state index contributed by atoms with van der Waals surface area (Å²) >= 11 is 0. The molecule has 3 aliphatic heterocycles. The molecule has 0 spiro atoms. The SMILES string of the molecule is CCN1CCCCC1CNC(=NC)NC1CC2CCC(C1)N2Cc1ccccc1.I. The van der Waals surface area contributed by atoms with Gasteiger partial charge in [0.2, 0.25) is 0 Å². The Kier molecular flexibility index (Phi) is 9.26. The quantitative estimate of drug-likeness (QED) is 0.337. The lowest BCUT2D eigenvalue weighted by Gasteiger charge is -2.40. The molecular formula is C24H40IN5. The predicted molar refractivity (Wildman–Crippen MR) is 137 cm³/mol. The van der Waals surface area contributed by atoms with Crippen LogP contribution in [-0.4, -0.2) is 66.6 Å². The van der Waals surface area contributed by atoms with Crippen LogP contribution in [0.1, 0.15) is 57.4 Å². The highest BCUT2D eigenvalue weighted by atomic mass is 127. The van der Waals surface area contributed by atoms with E-state index >= 15 is 0 Å². The van der Waals surface area contributed by atoms with E-state index < -0.39 is 0 Å². The Morgan fingerprint density at radius 3 is 2.47 bits per heavy atom. The molecule has 2 N–H and O–H groups in total. The number of aliphatic imine (C=N–C) groups is 1. The van der Waals surface area contributed by atoms with Crippen LogP contribution >= 0.6 is 24.0 Å². The monoisotopic (exact) mass is 525 g/mol. The van der Waals surface area contributed by atoms with E-state index in [9.17, 15) is 0 Å². The fourth-order valence-corrected chi connectivity index (χ4v) is 5.75. The van der Waals surface area contributed by atoms with Crippen molar-refractivity contribution in [2.24, 2.45) is 4.99 Å². The minimum absolute atomic E-state index is 0. The fourth-order valence-electron chi connectivity index (χ4n) is 5.75. The van der Waals surface area contributed by atoms with Crippen LogP contribution in [0.3, 0.4) is 0 Å². The molecule has 0 aromatic heterocycles. The van der Waals surface area contributed by atoms with Gasteiger partial charge in [-0.2, -0.15) is 0 Å². The Morgan fingerprint density at radius 1 is 1.07 bits per heavy atom. The summed E-state index contributed by atoms with van der Waals surface area (Å²) in [6.45, 7) is 6.79. The minimum Gasteiger partial charge on any atom is -0.355 e. The molecule has 0 radical (unpaired) electrons. The van der Waals surface area contributed by atoms with Crippen LogP contribution in [0.2, 0.25) is 0 Å². The smallest absolute Gasteiger partial charge is 0.191 e. The van der Waals surface area contributed by atoms with E-state index in [1.165, 1.54) is 57.1 Å². The zero-order valence-electron chi connectivity index (χ0n) is 18.7. The molecule has 168 valence electrons. The van der Waals surface area contributed by atoms with Crippen molar-refractivity contribution in [1.82, 2.24) is 20.4 Å². The number of likely N-dealkylation sites (tertiary alicyclic amines) is 1. The average molecular weight is 526 g/mol. The molecule has 0 saturated carbocycles. The first-order chi connectivity index (χ1) is 14.3. The van der Waals surface area contributed by atoms with Crippen molar-refractivity contribution in [2.45, 2.75) is 82.6 Å². The lowest BCUT2D eigenvalue weighted by atomic mass is 9.96. The van der Waals surface area contributed by atoms with Gasteiger partial charge in [-0.25, -0.2) is 0 Å². The molecule has 1 aromatic rings. The second-order valence-corrected chi connectivity index (χ2v) is 9.09. The van der Waals surface area contributed by atoms with Gasteiger partial charge in [-0.15, -0.1) is 24.0 Å². The molecule has 4 rings (SSSR count). The Morgan fingerprint density at radius 2 is 1.80 bits per heavy atom. The molecule has 5 nitrogen and oxygen atoms in total. The third-order valence-electron chi connectivity index (χ3n) is 7.32. The molecule has 3 fully saturated rings. The third kappa shape index (κ3) is 5.88. The lowest BCUT2D eigenvalue weighted by molar-refractivity contribution is 0.114. The number of hydrogen-bond donors (Lipinski definition) is 2. The number of guanidine groups is 1. The zero-order chi connectivity index (χ0) is 20.1. The van der Waals surface area contributed by atoms with Gasteiger partial charge in [0, 0.05) is 44.3 Å². The van der Waals surface area contributed by atoms with E-state index in [1.807, 2.05) is 7.05 Å². The molecular weight excluding hydrogens is 485 g/mol. The number of rotatable bonds is 6. The summed E-state index contributed by atoms with van der Waals surface area (Å²) in [5.74, 6) is 0.993. The lowest BCUT2D eigenvalue weighted by Crippen LogP contribution is -2.54. The number of halogens is 1. The van der Waals surface area contributed by atoms with Gasteiger partial charge in [0.1, 0.15) is 0 Å². The first-order valence-electron chi connectivity index (χ1n) is 11.8. The van der Waals surface area contributed by atoms with Crippen molar-refractivity contribution in [2.75, 3.05) is 26.7 Å². The molecule has 6 heteroatoms. The number of likely N-dealkylation sites (N-methyl/N-ethyl adjacent to an activating group) is 1. The molecule has 2 bridgehead atoms. The normalized spacial score (nSPS) is 30.0. The van der Waals surface area contributed by atoms with Gasteiger partial charge < -0.3 is 10.6 Å². The second-order valence-electron chi connectivity index (χ2n) is 9.09. The van der Waals surface area contributed by atoms with Crippen LogP contribution in [0.5, 0.6) is 0 Å². The summed E-state index contributed by atoms with van der Waals surface area (Å²) < 4.78 is 0. The molecule has 3 unspecified atom stereocenters. The molecule has 3 atom stereocenters. The van der Waals surface area contributed by atoms with Crippen LogP contribution in [-0.2, 0) is 6.54 Å². The summed E-state index contributed by atoms with van der Waals surface area (Å²) in [6.07, 6.45) is 9.16. The minimum atomic E-state index is 0. The number of hydrogen-bond acceptors (Lipinski definition) is 3. The highest BCUT2D eigenvalue weighted by Gasteiger charge is 2.40.